The molecule has 0 radical (unpaired) electrons. The Morgan fingerprint density at radius 1 is 1.40 bits per heavy atom. The quantitative estimate of drug-likeness (QED) is 0.697. The lowest BCUT2D eigenvalue weighted by molar-refractivity contribution is 0.258. The molecule has 3 heteroatoms. The fourth-order valence-corrected chi connectivity index (χ4v) is 2.40. The normalized spacial score (nSPS) is 20.1. The topological polar surface area (TPSA) is 21.1 Å². The highest BCUT2D eigenvalue weighted by molar-refractivity contribution is 5.79. The second-order valence-electron chi connectivity index (χ2n) is 4.50. The van der Waals surface area contributed by atoms with Gasteiger partial charge in [-0.1, -0.05) is 12.1 Å². The molecule has 1 aliphatic rings. The van der Waals surface area contributed by atoms with Crippen molar-refractivity contribution in [3.05, 3.63) is 30.1 Å². The van der Waals surface area contributed by atoms with E-state index in [1.54, 1.807) is 0 Å². The van der Waals surface area contributed by atoms with Crippen molar-refractivity contribution in [2.75, 3.05) is 14.1 Å². The van der Waals surface area contributed by atoms with E-state index in [0.717, 1.165) is 18.5 Å². The number of nitrogens with zero attached hydrogens (tertiary/aromatic N) is 3. The zero-order valence-electron chi connectivity index (χ0n) is 9.14. The molecule has 1 unspecified atom stereocenters. The predicted octanol–water partition coefficient (Wildman–Crippen LogP) is 1.52. The van der Waals surface area contributed by atoms with Crippen LogP contribution in [0.1, 0.15) is 5.56 Å². The molecule has 2 aromatic rings. The molecular formula is C12H15N3. The van der Waals surface area contributed by atoms with E-state index in [1.807, 2.05) is 6.33 Å². The van der Waals surface area contributed by atoms with Crippen molar-refractivity contribution >= 4 is 11.0 Å². The fourth-order valence-electron chi connectivity index (χ4n) is 2.40. The summed E-state index contributed by atoms with van der Waals surface area (Å²) in [6, 6.07) is 7.01. The minimum atomic E-state index is 0.595. The summed E-state index contributed by atoms with van der Waals surface area (Å²) in [5.74, 6) is 0. The van der Waals surface area contributed by atoms with E-state index in [9.17, 15) is 0 Å². The highest BCUT2D eigenvalue weighted by Gasteiger charge is 2.21. The second kappa shape index (κ2) is 3.07. The van der Waals surface area contributed by atoms with Gasteiger partial charge in [0.05, 0.1) is 17.4 Å². The molecule has 78 valence electrons. The van der Waals surface area contributed by atoms with Crippen LogP contribution in [-0.2, 0) is 13.0 Å². The van der Waals surface area contributed by atoms with Crippen molar-refractivity contribution in [2.24, 2.45) is 0 Å². The summed E-state index contributed by atoms with van der Waals surface area (Å²) in [6.45, 7) is 1.06. The first-order valence-corrected chi connectivity index (χ1v) is 5.35. The molecular weight excluding hydrogens is 186 g/mol. The van der Waals surface area contributed by atoms with Crippen molar-refractivity contribution in [3.63, 3.8) is 0 Å². The molecule has 0 amide bonds. The van der Waals surface area contributed by atoms with E-state index >= 15 is 0 Å². The van der Waals surface area contributed by atoms with Gasteiger partial charge in [-0.05, 0) is 32.1 Å². The summed E-state index contributed by atoms with van der Waals surface area (Å²) in [6.07, 6.45) is 3.10. The number of imidazole rings is 1. The van der Waals surface area contributed by atoms with Gasteiger partial charge in [-0.2, -0.15) is 0 Å². The van der Waals surface area contributed by atoms with Crippen LogP contribution >= 0.6 is 0 Å². The number of likely N-dealkylation sites (N-methyl/N-ethyl adjacent to an activating group) is 1. The monoisotopic (exact) mass is 201 g/mol. The molecule has 3 nitrogen and oxygen atoms in total. The number of para-hydroxylation sites is 1. The molecule has 0 aliphatic carbocycles. The van der Waals surface area contributed by atoms with Crippen LogP contribution in [0.2, 0.25) is 0 Å². The van der Waals surface area contributed by atoms with Crippen molar-refractivity contribution in [1.29, 1.82) is 0 Å². The minimum Gasteiger partial charge on any atom is -0.329 e. The fraction of sp³-hybridized carbons (Fsp3) is 0.417. The standard InChI is InChI=1S/C12H15N3/c1-14(2)10-6-9-4-3-5-11-12(9)15(7-10)8-13-11/h3-5,8,10H,6-7H2,1-2H3. The maximum atomic E-state index is 4.43. The Bertz CT molecular complexity index is 499. The van der Waals surface area contributed by atoms with Gasteiger partial charge >= 0.3 is 0 Å². The number of hydrogen-bond donors (Lipinski definition) is 0. The summed E-state index contributed by atoms with van der Waals surface area (Å²) in [5.41, 5.74) is 3.88. The number of rotatable bonds is 1. The Balaban J connectivity index is 2.16. The van der Waals surface area contributed by atoms with Crippen LogP contribution < -0.4 is 0 Å². The first kappa shape index (κ1) is 8.92. The van der Waals surface area contributed by atoms with Crippen molar-refractivity contribution in [1.82, 2.24) is 14.5 Å². The van der Waals surface area contributed by atoms with Crippen molar-refractivity contribution < 1.29 is 0 Å². The highest BCUT2D eigenvalue weighted by Crippen LogP contribution is 2.25. The first-order valence-electron chi connectivity index (χ1n) is 5.35. The first-order chi connectivity index (χ1) is 7.25. The molecule has 3 rings (SSSR count). The van der Waals surface area contributed by atoms with Gasteiger partial charge in [0, 0.05) is 12.6 Å². The molecule has 0 saturated carbocycles. The lowest BCUT2D eigenvalue weighted by Gasteiger charge is -2.29. The average Bonchev–Trinajstić information content (AvgIpc) is 2.64. The molecule has 0 spiro atoms. The van der Waals surface area contributed by atoms with Gasteiger partial charge in [0.2, 0.25) is 0 Å². The maximum Gasteiger partial charge on any atom is 0.0958 e. The smallest absolute Gasteiger partial charge is 0.0958 e. The Kier molecular flexibility index (Phi) is 1.83. The molecule has 0 saturated heterocycles. The lowest BCUT2D eigenvalue weighted by atomic mass is 10.00. The minimum absolute atomic E-state index is 0.595. The van der Waals surface area contributed by atoms with Gasteiger partial charge in [-0.25, -0.2) is 4.98 Å². The van der Waals surface area contributed by atoms with Gasteiger partial charge in [-0.15, -0.1) is 0 Å². The molecule has 1 aliphatic heterocycles. The molecule has 0 bridgehead atoms. The number of benzene rings is 1. The summed E-state index contributed by atoms with van der Waals surface area (Å²) < 4.78 is 2.28. The van der Waals surface area contributed by atoms with Crippen LogP contribution in [0.15, 0.2) is 24.5 Å². The molecule has 15 heavy (non-hydrogen) atoms. The van der Waals surface area contributed by atoms with Crippen molar-refractivity contribution in [2.45, 2.75) is 19.0 Å². The lowest BCUT2D eigenvalue weighted by Crippen LogP contribution is -2.36. The van der Waals surface area contributed by atoms with Crippen LogP contribution in [0, 0.1) is 0 Å². The van der Waals surface area contributed by atoms with Crippen LogP contribution in [-0.4, -0.2) is 34.6 Å². The molecule has 2 heterocycles. The van der Waals surface area contributed by atoms with Crippen molar-refractivity contribution in [3.8, 4) is 0 Å². The summed E-state index contributed by atoms with van der Waals surface area (Å²) in [4.78, 5) is 6.72. The zero-order chi connectivity index (χ0) is 10.4. The molecule has 1 aromatic heterocycles. The number of hydrogen-bond acceptors (Lipinski definition) is 2. The van der Waals surface area contributed by atoms with Crippen LogP contribution in [0.25, 0.3) is 11.0 Å². The van der Waals surface area contributed by atoms with Crippen LogP contribution in [0.4, 0.5) is 0 Å². The molecule has 1 atom stereocenters. The average molecular weight is 201 g/mol. The van der Waals surface area contributed by atoms with E-state index < -0.39 is 0 Å². The summed E-state index contributed by atoms with van der Waals surface area (Å²) in [7, 11) is 4.29. The summed E-state index contributed by atoms with van der Waals surface area (Å²) >= 11 is 0. The van der Waals surface area contributed by atoms with Gasteiger partial charge in [0.25, 0.3) is 0 Å². The van der Waals surface area contributed by atoms with Crippen LogP contribution in [0.3, 0.4) is 0 Å². The van der Waals surface area contributed by atoms with E-state index in [-0.39, 0.29) is 0 Å². The molecule has 0 N–H and O–H groups in total. The highest BCUT2D eigenvalue weighted by atomic mass is 15.2. The Hall–Kier alpha value is -1.35. The zero-order valence-corrected chi connectivity index (χ0v) is 9.14. The third-order valence-corrected chi connectivity index (χ3v) is 3.31. The Morgan fingerprint density at radius 2 is 2.27 bits per heavy atom. The SMILES string of the molecule is CN(C)C1Cc2cccc3ncn(c23)C1. The van der Waals surface area contributed by atoms with Crippen LogP contribution in [0.5, 0.6) is 0 Å². The van der Waals surface area contributed by atoms with E-state index in [2.05, 4.69) is 46.7 Å². The number of aromatic nitrogens is 2. The van der Waals surface area contributed by atoms with Gasteiger partial charge in [-0.3, -0.25) is 0 Å². The van der Waals surface area contributed by atoms with Gasteiger partial charge < -0.3 is 9.47 Å². The third kappa shape index (κ3) is 1.27. The van der Waals surface area contributed by atoms with E-state index in [0.29, 0.717) is 6.04 Å². The Morgan fingerprint density at radius 3 is 3.07 bits per heavy atom. The largest absolute Gasteiger partial charge is 0.329 e. The Labute approximate surface area is 89.3 Å². The third-order valence-electron chi connectivity index (χ3n) is 3.31. The van der Waals surface area contributed by atoms with E-state index in [4.69, 9.17) is 0 Å². The predicted molar refractivity (Wildman–Crippen MR) is 60.9 cm³/mol. The van der Waals surface area contributed by atoms with Gasteiger partial charge in [0.1, 0.15) is 0 Å². The maximum absolute atomic E-state index is 4.43. The molecule has 1 aromatic carbocycles. The van der Waals surface area contributed by atoms with Gasteiger partial charge in [0.15, 0.2) is 0 Å². The van der Waals surface area contributed by atoms with E-state index in [1.165, 1.54) is 11.1 Å². The summed E-state index contributed by atoms with van der Waals surface area (Å²) in [5, 5.41) is 0. The second-order valence-corrected chi connectivity index (χ2v) is 4.50. The molecule has 0 fully saturated rings.